The number of carbonyl (C=O) groups excluding carboxylic acids is 2. The first-order valence-electron chi connectivity index (χ1n) is 20.2. The Bertz CT molecular complexity index is 1030. The topological polar surface area (TPSA) is 180 Å². The van der Waals surface area contributed by atoms with E-state index in [1.165, 1.54) is 64.2 Å². The minimum absolute atomic E-state index is 0.166. The summed E-state index contributed by atoms with van der Waals surface area (Å²) in [4.78, 5) is 43.1. The molecule has 1 fully saturated rings. The van der Waals surface area contributed by atoms with Crippen LogP contribution in [0.1, 0.15) is 162 Å². The van der Waals surface area contributed by atoms with Crippen molar-refractivity contribution in [1.29, 1.82) is 0 Å². The maximum absolute atomic E-state index is 12.5. The molecule has 0 saturated heterocycles. The summed E-state index contributed by atoms with van der Waals surface area (Å²) in [5, 5.41) is 31.2. The second kappa shape index (κ2) is 29.7. The van der Waals surface area contributed by atoms with Gasteiger partial charge in [0, 0.05) is 18.8 Å². The Morgan fingerprint density at radius 1 is 0.769 bits per heavy atom. The lowest BCUT2D eigenvalue weighted by Gasteiger charge is -2.20. The zero-order valence-corrected chi connectivity index (χ0v) is 33.3. The molecule has 0 aromatic heterocycles. The van der Waals surface area contributed by atoms with Crippen molar-refractivity contribution >= 4 is 19.8 Å². The normalized spacial score (nSPS) is 20.6. The number of aliphatic hydroxyl groups is 3. The molecule has 0 spiro atoms. The third-order valence-electron chi connectivity index (χ3n) is 9.75. The van der Waals surface area contributed by atoms with Crippen molar-refractivity contribution in [1.82, 2.24) is 0 Å². The fourth-order valence-electron chi connectivity index (χ4n) is 6.65. The molecule has 0 aromatic rings. The second-order valence-corrected chi connectivity index (χ2v) is 16.3. The molecule has 6 atom stereocenters. The van der Waals surface area contributed by atoms with Gasteiger partial charge >= 0.3 is 19.8 Å². The first kappa shape index (κ1) is 48.4. The van der Waals surface area contributed by atoms with Gasteiger partial charge in [0.15, 0.2) is 6.10 Å². The molecule has 1 aliphatic rings. The van der Waals surface area contributed by atoms with E-state index in [-0.39, 0.29) is 31.1 Å². The van der Waals surface area contributed by atoms with Crippen LogP contribution in [0.15, 0.2) is 24.3 Å². The molecule has 0 amide bonds. The van der Waals surface area contributed by atoms with Gasteiger partial charge in [-0.05, 0) is 31.1 Å². The molecule has 0 heterocycles. The highest BCUT2D eigenvalue weighted by molar-refractivity contribution is 7.46. The van der Waals surface area contributed by atoms with Crippen molar-refractivity contribution < 1.29 is 53.3 Å². The molecule has 12 heteroatoms. The van der Waals surface area contributed by atoms with Crippen LogP contribution in [0.2, 0.25) is 0 Å². The van der Waals surface area contributed by atoms with Crippen LogP contribution in [-0.4, -0.2) is 74.7 Å². The van der Waals surface area contributed by atoms with Crippen molar-refractivity contribution in [2.75, 3.05) is 13.2 Å². The number of phosphoric acid groups is 1. The Balaban J connectivity index is 2.34. The number of rotatable bonds is 32. The highest BCUT2D eigenvalue weighted by atomic mass is 31.2. The van der Waals surface area contributed by atoms with Crippen LogP contribution in [0.4, 0.5) is 0 Å². The second-order valence-electron chi connectivity index (χ2n) is 15.1. The van der Waals surface area contributed by atoms with Crippen LogP contribution in [0.25, 0.3) is 0 Å². The number of esters is 2. The summed E-state index contributed by atoms with van der Waals surface area (Å²) < 4.78 is 26.3. The van der Waals surface area contributed by atoms with Crippen LogP contribution in [0.5, 0.6) is 0 Å². The zero-order chi connectivity index (χ0) is 38.6. The maximum atomic E-state index is 12.5. The van der Waals surface area contributed by atoms with E-state index in [0.29, 0.717) is 19.3 Å². The highest BCUT2D eigenvalue weighted by Crippen LogP contribution is 2.37. The summed E-state index contributed by atoms with van der Waals surface area (Å²) in [6.07, 6.45) is 24.6. The number of phosphoric ester groups is 1. The molecule has 52 heavy (non-hydrogen) atoms. The fourth-order valence-corrected chi connectivity index (χ4v) is 7.01. The van der Waals surface area contributed by atoms with Gasteiger partial charge in [-0.3, -0.25) is 14.1 Å². The number of hydrogen-bond donors (Lipinski definition) is 5. The Hall–Kier alpha value is -1.59. The third kappa shape index (κ3) is 26.2. The van der Waals surface area contributed by atoms with Gasteiger partial charge in [0.1, 0.15) is 6.61 Å². The number of carbonyl (C=O) groups is 2. The van der Waals surface area contributed by atoms with E-state index in [2.05, 4.69) is 25.3 Å². The predicted molar refractivity (Wildman–Crippen MR) is 204 cm³/mol. The van der Waals surface area contributed by atoms with E-state index in [1.54, 1.807) is 24.3 Å². The summed E-state index contributed by atoms with van der Waals surface area (Å²) in [6, 6.07) is 0. The van der Waals surface area contributed by atoms with Crippen molar-refractivity contribution in [3.63, 3.8) is 0 Å². The van der Waals surface area contributed by atoms with Gasteiger partial charge in [-0.15, -0.1) is 0 Å². The zero-order valence-electron chi connectivity index (χ0n) is 32.5. The van der Waals surface area contributed by atoms with E-state index in [4.69, 9.17) is 19.3 Å². The van der Waals surface area contributed by atoms with Crippen LogP contribution >= 0.6 is 7.82 Å². The first-order valence-corrected chi connectivity index (χ1v) is 21.8. The Kier molecular flexibility index (Phi) is 27.7. The molecular weight excluding hydrogens is 687 g/mol. The molecular formula is C40H73O11P. The SMILES string of the molecule is CCCCC[C@@H](O)/C=C/[C@@H]1[C@H](C/C=C\CC(=O)O[C@H](COC(=O)CCCCCCCCCCCCCCCC(C)C)COP(=O)(O)O)[C@@H](O)C[C@H]1O. The Labute approximate surface area is 314 Å². The average molecular weight is 761 g/mol. The van der Waals surface area contributed by atoms with Crippen molar-refractivity contribution in [3.05, 3.63) is 24.3 Å². The Morgan fingerprint density at radius 3 is 1.92 bits per heavy atom. The minimum Gasteiger partial charge on any atom is -0.462 e. The van der Waals surface area contributed by atoms with Crippen LogP contribution in [0.3, 0.4) is 0 Å². The van der Waals surface area contributed by atoms with Crippen LogP contribution in [0, 0.1) is 17.8 Å². The molecule has 0 aliphatic heterocycles. The largest absolute Gasteiger partial charge is 0.469 e. The molecule has 0 aromatic carbocycles. The van der Waals surface area contributed by atoms with Crippen LogP contribution < -0.4 is 0 Å². The number of allylic oxidation sites excluding steroid dienone is 1. The monoisotopic (exact) mass is 760 g/mol. The summed E-state index contributed by atoms with van der Waals surface area (Å²) in [7, 11) is -4.84. The van der Waals surface area contributed by atoms with Crippen molar-refractivity contribution in [3.8, 4) is 0 Å². The predicted octanol–water partition coefficient (Wildman–Crippen LogP) is 8.25. The molecule has 304 valence electrons. The number of ether oxygens (including phenoxy) is 2. The average Bonchev–Trinajstić information content (AvgIpc) is 3.35. The van der Waals surface area contributed by atoms with E-state index >= 15 is 0 Å². The molecule has 1 aliphatic carbocycles. The van der Waals surface area contributed by atoms with Gasteiger partial charge in [-0.25, -0.2) is 4.57 Å². The molecule has 1 rings (SSSR count). The molecule has 0 radical (unpaired) electrons. The minimum atomic E-state index is -4.84. The van der Waals surface area contributed by atoms with Gasteiger partial charge in [0.05, 0.1) is 31.3 Å². The number of unbranched alkanes of at least 4 members (excludes halogenated alkanes) is 14. The smallest absolute Gasteiger partial charge is 0.462 e. The molecule has 0 unspecified atom stereocenters. The molecule has 11 nitrogen and oxygen atoms in total. The summed E-state index contributed by atoms with van der Waals surface area (Å²) in [5.41, 5.74) is 0. The summed E-state index contributed by atoms with van der Waals surface area (Å²) in [6.45, 7) is 5.63. The van der Waals surface area contributed by atoms with Gasteiger partial charge in [-0.1, -0.05) is 148 Å². The van der Waals surface area contributed by atoms with E-state index in [9.17, 15) is 29.5 Å². The highest BCUT2D eigenvalue weighted by Gasteiger charge is 2.39. The lowest BCUT2D eigenvalue weighted by Crippen LogP contribution is -2.29. The molecule has 1 saturated carbocycles. The van der Waals surface area contributed by atoms with Crippen molar-refractivity contribution in [2.24, 2.45) is 17.8 Å². The summed E-state index contributed by atoms with van der Waals surface area (Å²) >= 11 is 0. The van der Waals surface area contributed by atoms with Gasteiger partial charge in [0.25, 0.3) is 0 Å². The van der Waals surface area contributed by atoms with Gasteiger partial charge in [-0.2, -0.15) is 0 Å². The summed E-state index contributed by atoms with van der Waals surface area (Å²) in [5.74, 6) is -1.00. The van der Waals surface area contributed by atoms with Crippen molar-refractivity contribution in [2.45, 2.75) is 186 Å². The third-order valence-corrected chi connectivity index (χ3v) is 10.2. The number of hydrogen-bond acceptors (Lipinski definition) is 9. The standard InChI is InChI=1S/C40H73O11P/c1-4-5-17-23-33(41)27-28-36-35(37(42)29-38(36)43)24-20-21-26-40(45)51-34(31-50-52(46,47)48)30-49-39(44)25-19-16-14-12-10-8-6-7-9-11-13-15-18-22-32(2)3/h20-21,27-28,32-38,41-43H,4-19,22-26,29-31H2,1-3H3,(H2,46,47,48)/b21-20-,28-27+/t33-,34-,35+,36-,37+,38-/m1/s1. The van der Waals surface area contributed by atoms with E-state index < -0.39 is 57.4 Å². The lowest BCUT2D eigenvalue weighted by molar-refractivity contribution is -0.160. The van der Waals surface area contributed by atoms with Crippen LogP contribution in [-0.2, 0) is 28.2 Å². The number of aliphatic hydroxyl groups excluding tert-OH is 3. The molecule has 0 bridgehead atoms. The first-order chi connectivity index (χ1) is 24.8. The molecule has 5 N–H and O–H groups in total. The maximum Gasteiger partial charge on any atom is 0.469 e. The lowest BCUT2D eigenvalue weighted by atomic mass is 9.89. The Morgan fingerprint density at radius 2 is 1.35 bits per heavy atom. The fraction of sp³-hybridized carbons (Fsp3) is 0.850. The quantitative estimate of drug-likeness (QED) is 0.0193. The van der Waals surface area contributed by atoms with E-state index in [0.717, 1.165) is 44.4 Å². The van der Waals surface area contributed by atoms with Gasteiger partial charge in [0.2, 0.25) is 0 Å². The van der Waals surface area contributed by atoms with E-state index in [1.807, 2.05) is 0 Å². The van der Waals surface area contributed by atoms with Gasteiger partial charge < -0.3 is 34.6 Å².